The molecule has 1 aliphatic carbocycles. The summed E-state index contributed by atoms with van der Waals surface area (Å²) in [7, 11) is 0. The van der Waals surface area contributed by atoms with Crippen LogP contribution in [0.1, 0.15) is 44.6 Å². The molecule has 1 saturated heterocycles. The van der Waals surface area contributed by atoms with Gasteiger partial charge in [0.1, 0.15) is 0 Å². The van der Waals surface area contributed by atoms with E-state index < -0.39 is 0 Å². The average Bonchev–Trinajstić information content (AvgIpc) is 2.77. The number of rotatable bonds is 3. The van der Waals surface area contributed by atoms with Gasteiger partial charge in [-0.25, -0.2) is 4.90 Å². The van der Waals surface area contributed by atoms with Crippen molar-refractivity contribution in [3.05, 3.63) is 29.8 Å². The predicted molar refractivity (Wildman–Crippen MR) is 86.6 cm³/mol. The fourth-order valence-electron chi connectivity index (χ4n) is 3.55. The highest BCUT2D eigenvalue weighted by Crippen LogP contribution is 2.27. The van der Waals surface area contributed by atoms with Crippen LogP contribution in [0.5, 0.6) is 0 Å². The summed E-state index contributed by atoms with van der Waals surface area (Å²) < 4.78 is 0. The number of hydrogen-bond donors (Lipinski definition) is 1. The van der Waals surface area contributed by atoms with E-state index in [9.17, 15) is 9.59 Å². The van der Waals surface area contributed by atoms with Gasteiger partial charge in [0.2, 0.25) is 5.91 Å². The van der Waals surface area contributed by atoms with E-state index in [1.165, 1.54) is 24.2 Å². The highest BCUT2D eigenvalue weighted by molar-refractivity contribution is 6.22. The zero-order valence-corrected chi connectivity index (χ0v) is 13.3. The van der Waals surface area contributed by atoms with Crippen LogP contribution >= 0.6 is 0 Å². The summed E-state index contributed by atoms with van der Waals surface area (Å²) in [5.41, 5.74) is 1.80. The summed E-state index contributed by atoms with van der Waals surface area (Å²) >= 11 is 0. The number of anilines is 1. The van der Waals surface area contributed by atoms with Crippen molar-refractivity contribution < 1.29 is 9.59 Å². The molecule has 0 spiro atoms. The molecular formula is C18H24N2O2. The summed E-state index contributed by atoms with van der Waals surface area (Å²) in [6, 6.07) is 7.54. The molecule has 2 aliphatic rings. The van der Waals surface area contributed by atoms with Crippen LogP contribution in [0, 0.1) is 12.8 Å². The summed E-state index contributed by atoms with van der Waals surface area (Å²) in [6.07, 6.45) is 5.05. The molecule has 1 N–H and O–H groups in total. The number of carbonyl (C=O) groups is 2. The summed E-state index contributed by atoms with van der Waals surface area (Å²) in [5, 5.41) is 3.45. The molecule has 1 aromatic carbocycles. The van der Waals surface area contributed by atoms with E-state index in [4.69, 9.17) is 0 Å². The molecule has 118 valence electrons. The van der Waals surface area contributed by atoms with E-state index in [1.807, 2.05) is 31.2 Å². The number of aryl methyl sites for hydroxylation is 1. The quantitative estimate of drug-likeness (QED) is 0.873. The fraction of sp³-hybridized carbons (Fsp3) is 0.556. The lowest BCUT2D eigenvalue weighted by atomic mass is 9.85. The highest BCUT2D eigenvalue weighted by atomic mass is 16.2. The van der Waals surface area contributed by atoms with Crippen molar-refractivity contribution >= 4 is 17.5 Å². The van der Waals surface area contributed by atoms with Crippen LogP contribution in [0.15, 0.2) is 24.3 Å². The van der Waals surface area contributed by atoms with Crippen LogP contribution in [0.25, 0.3) is 0 Å². The van der Waals surface area contributed by atoms with Crippen molar-refractivity contribution in [1.29, 1.82) is 0 Å². The van der Waals surface area contributed by atoms with Gasteiger partial charge in [-0.05, 0) is 37.8 Å². The van der Waals surface area contributed by atoms with Crippen molar-refractivity contribution in [3.8, 4) is 0 Å². The van der Waals surface area contributed by atoms with E-state index in [1.54, 1.807) is 0 Å². The molecule has 3 rings (SSSR count). The molecule has 3 atom stereocenters. The van der Waals surface area contributed by atoms with Crippen molar-refractivity contribution in [2.75, 3.05) is 4.90 Å². The Kier molecular flexibility index (Phi) is 4.30. The van der Waals surface area contributed by atoms with Crippen molar-refractivity contribution in [2.24, 2.45) is 5.92 Å². The van der Waals surface area contributed by atoms with Gasteiger partial charge in [-0.2, -0.15) is 0 Å². The van der Waals surface area contributed by atoms with Gasteiger partial charge >= 0.3 is 0 Å². The molecule has 4 heteroatoms. The van der Waals surface area contributed by atoms with E-state index in [-0.39, 0.29) is 24.3 Å². The Bertz CT molecular complexity index is 567. The standard InChI is InChI=1S/C18H24N2O2/c1-12-7-9-14(10-8-12)20-17(21)11-16(18(20)22)19-15-6-4-3-5-13(15)2/h7-10,13,15-16,19H,3-6,11H2,1-2H3/t13-,15-,16+/m1/s1. The first-order valence-electron chi connectivity index (χ1n) is 8.26. The molecule has 0 unspecified atom stereocenters. The van der Waals surface area contributed by atoms with Gasteiger partial charge in [0.25, 0.3) is 5.91 Å². The van der Waals surface area contributed by atoms with Gasteiger partial charge < -0.3 is 5.32 Å². The van der Waals surface area contributed by atoms with Crippen LogP contribution < -0.4 is 10.2 Å². The smallest absolute Gasteiger partial charge is 0.251 e. The Balaban J connectivity index is 1.72. The Hall–Kier alpha value is -1.68. The number of nitrogens with zero attached hydrogens (tertiary/aromatic N) is 1. The molecule has 0 aromatic heterocycles. The largest absolute Gasteiger partial charge is 0.302 e. The molecule has 22 heavy (non-hydrogen) atoms. The van der Waals surface area contributed by atoms with E-state index in [0.717, 1.165) is 12.0 Å². The van der Waals surface area contributed by atoms with Gasteiger partial charge in [-0.3, -0.25) is 9.59 Å². The Morgan fingerprint density at radius 1 is 1.09 bits per heavy atom. The number of imide groups is 1. The second-order valence-electron chi connectivity index (χ2n) is 6.69. The third-order valence-electron chi connectivity index (χ3n) is 4.97. The Labute approximate surface area is 131 Å². The van der Waals surface area contributed by atoms with Crippen LogP contribution in [0.3, 0.4) is 0 Å². The molecular weight excluding hydrogens is 276 g/mol. The second-order valence-corrected chi connectivity index (χ2v) is 6.69. The van der Waals surface area contributed by atoms with Gasteiger partial charge in [-0.15, -0.1) is 0 Å². The third-order valence-corrected chi connectivity index (χ3v) is 4.97. The zero-order chi connectivity index (χ0) is 15.7. The fourth-order valence-corrected chi connectivity index (χ4v) is 3.55. The number of nitrogens with one attached hydrogen (secondary N) is 1. The normalized spacial score (nSPS) is 29.2. The molecule has 1 saturated carbocycles. The minimum absolute atomic E-state index is 0.102. The maximum absolute atomic E-state index is 12.6. The topological polar surface area (TPSA) is 49.4 Å². The molecule has 2 amide bonds. The zero-order valence-electron chi connectivity index (χ0n) is 13.3. The number of carbonyl (C=O) groups excluding carboxylic acids is 2. The van der Waals surface area contributed by atoms with Gasteiger partial charge in [0.05, 0.1) is 18.2 Å². The van der Waals surface area contributed by atoms with Gasteiger partial charge in [-0.1, -0.05) is 37.5 Å². The highest BCUT2D eigenvalue weighted by Gasteiger charge is 2.41. The van der Waals surface area contributed by atoms with Crippen LogP contribution in [0.2, 0.25) is 0 Å². The van der Waals surface area contributed by atoms with Crippen LogP contribution in [-0.2, 0) is 9.59 Å². The molecule has 0 bridgehead atoms. The lowest BCUT2D eigenvalue weighted by Gasteiger charge is -2.31. The molecule has 1 aliphatic heterocycles. The monoisotopic (exact) mass is 300 g/mol. The summed E-state index contributed by atoms with van der Waals surface area (Å²) in [5.74, 6) is 0.367. The second kappa shape index (κ2) is 6.21. The first kappa shape index (κ1) is 15.2. The predicted octanol–water partition coefficient (Wildman–Crippen LogP) is 2.80. The Morgan fingerprint density at radius 3 is 2.45 bits per heavy atom. The molecule has 0 radical (unpaired) electrons. The summed E-state index contributed by atoms with van der Waals surface area (Å²) in [4.78, 5) is 26.2. The minimum atomic E-state index is -0.362. The SMILES string of the molecule is Cc1ccc(N2C(=O)C[C@H](N[C@@H]3CCCC[C@H]3C)C2=O)cc1. The van der Waals surface area contributed by atoms with Crippen LogP contribution in [0.4, 0.5) is 5.69 Å². The molecule has 2 fully saturated rings. The van der Waals surface area contributed by atoms with Crippen molar-refractivity contribution in [2.45, 2.75) is 58.0 Å². The average molecular weight is 300 g/mol. The molecule has 1 heterocycles. The van der Waals surface area contributed by atoms with E-state index in [0.29, 0.717) is 17.6 Å². The lowest BCUT2D eigenvalue weighted by molar-refractivity contribution is -0.121. The number of benzene rings is 1. The van der Waals surface area contributed by atoms with Gasteiger partial charge in [0.15, 0.2) is 0 Å². The number of hydrogen-bond acceptors (Lipinski definition) is 3. The summed E-state index contributed by atoms with van der Waals surface area (Å²) in [6.45, 7) is 4.22. The molecule has 4 nitrogen and oxygen atoms in total. The maximum atomic E-state index is 12.6. The first-order valence-corrected chi connectivity index (χ1v) is 8.26. The lowest BCUT2D eigenvalue weighted by Crippen LogP contribution is -2.47. The Morgan fingerprint density at radius 2 is 1.77 bits per heavy atom. The maximum Gasteiger partial charge on any atom is 0.251 e. The first-order chi connectivity index (χ1) is 10.6. The van der Waals surface area contributed by atoms with E-state index >= 15 is 0 Å². The third kappa shape index (κ3) is 2.93. The van der Waals surface area contributed by atoms with Crippen molar-refractivity contribution in [1.82, 2.24) is 5.32 Å². The number of amides is 2. The van der Waals surface area contributed by atoms with E-state index in [2.05, 4.69) is 12.2 Å². The van der Waals surface area contributed by atoms with Crippen LogP contribution in [-0.4, -0.2) is 23.9 Å². The van der Waals surface area contributed by atoms with Gasteiger partial charge in [0, 0.05) is 6.04 Å². The van der Waals surface area contributed by atoms with Crippen molar-refractivity contribution in [3.63, 3.8) is 0 Å². The molecule has 1 aromatic rings. The minimum Gasteiger partial charge on any atom is -0.302 e.